The molecular formula is C15H25NO2. The van der Waals surface area contributed by atoms with Gasteiger partial charge in [0.05, 0.1) is 18.8 Å². The average Bonchev–Trinajstić information content (AvgIpc) is 2.25. The van der Waals surface area contributed by atoms with Crippen LogP contribution in [0.15, 0.2) is 12.1 Å². The monoisotopic (exact) mass is 251 g/mol. The molecule has 3 N–H and O–H groups in total. The van der Waals surface area contributed by atoms with Gasteiger partial charge in [-0.15, -0.1) is 0 Å². The van der Waals surface area contributed by atoms with Crippen LogP contribution in [0.25, 0.3) is 0 Å². The van der Waals surface area contributed by atoms with Gasteiger partial charge in [-0.3, -0.25) is 0 Å². The molecule has 18 heavy (non-hydrogen) atoms. The van der Waals surface area contributed by atoms with E-state index in [1.807, 2.05) is 13.0 Å². The van der Waals surface area contributed by atoms with Crippen LogP contribution in [-0.4, -0.2) is 17.8 Å². The highest BCUT2D eigenvalue weighted by molar-refractivity contribution is 5.45. The molecule has 1 atom stereocenters. The normalized spacial score (nSPS) is 13.8. The fraction of sp³-hybridized carbons (Fsp3) is 0.600. The molecule has 1 aromatic rings. The molecular weight excluding hydrogens is 226 g/mol. The molecule has 0 amide bonds. The molecule has 0 aromatic heterocycles. The minimum atomic E-state index is -0.937. The number of hydrogen-bond donors (Lipinski definition) is 2. The summed E-state index contributed by atoms with van der Waals surface area (Å²) in [5.41, 5.74) is 8.35. The van der Waals surface area contributed by atoms with E-state index in [0.717, 1.165) is 22.4 Å². The molecule has 3 heteroatoms. The summed E-state index contributed by atoms with van der Waals surface area (Å²) in [5, 5.41) is 10.1. The fourth-order valence-corrected chi connectivity index (χ4v) is 2.06. The molecule has 0 spiro atoms. The van der Waals surface area contributed by atoms with Crippen molar-refractivity contribution in [1.82, 2.24) is 0 Å². The highest BCUT2D eigenvalue weighted by atomic mass is 16.5. The topological polar surface area (TPSA) is 55.5 Å². The average molecular weight is 251 g/mol. The predicted molar refractivity (Wildman–Crippen MR) is 75.0 cm³/mol. The fourth-order valence-electron chi connectivity index (χ4n) is 2.06. The van der Waals surface area contributed by atoms with Gasteiger partial charge in [0.1, 0.15) is 5.75 Å². The number of methoxy groups -OCH3 is 1. The maximum absolute atomic E-state index is 10.1. The van der Waals surface area contributed by atoms with E-state index < -0.39 is 11.6 Å². The van der Waals surface area contributed by atoms with Crippen molar-refractivity contribution in [1.29, 1.82) is 0 Å². The molecule has 1 aromatic carbocycles. The van der Waals surface area contributed by atoms with Crippen LogP contribution in [0.4, 0.5) is 0 Å². The van der Waals surface area contributed by atoms with E-state index in [1.54, 1.807) is 21.0 Å². The Kier molecular flexibility index (Phi) is 4.41. The van der Waals surface area contributed by atoms with Crippen LogP contribution < -0.4 is 10.5 Å². The van der Waals surface area contributed by atoms with Crippen molar-refractivity contribution in [3.05, 3.63) is 28.8 Å². The number of hydrogen-bond acceptors (Lipinski definition) is 3. The maximum Gasteiger partial charge on any atom is 0.122 e. The lowest BCUT2D eigenvalue weighted by atomic mass is 9.87. The second-order valence-corrected chi connectivity index (χ2v) is 5.74. The Morgan fingerprint density at radius 2 is 1.78 bits per heavy atom. The zero-order valence-corrected chi connectivity index (χ0v) is 12.2. The molecule has 0 radical (unpaired) electrons. The summed E-state index contributed by atoms with van der Waals surface area (Å²) in [6, 6.07) is 3.65. The first-order valence-corrected chi connectivity index (χ1v) is 6.34. The number of aryl methyl sites for hydroxylation is 1. The minimum Gasteiger partial charge on any atom is -0.496 e. The van der Waals surface area contributed by atoms with Crippen LogP contribution in [0.5, 0.6) is 5.75 Å². The lowest BCUT2D eigenvalue weighted by molar-refractivity contribution is 0.0514. The van der Waals surface area contributed by atoms with E-state index in [2.05, 4.69) is 19.9 Å². The van der Waals surface area contributed by atoms with Gasteiger partial charge in [-0.2, -0.15) is 0 Å². The zero-order valence-electron chi connectivity index (χ0n) is 12.2. The number of ether oxygens (including phenoxy) is 1. The van der Waals surface area contributed by atoms with Gasteiger partial charge < -0.3 is 15.6 Å². The van der Waals surface area contributed by atoms with Crippen LogP contribution >= 0.6 is 0 Å². The number of benzene rings is 1. The van der Waals surface area contributed by atoms with Crippen molar-refractivity contribution in [2.75, 3.05) is 7.11 Å². The van der Waals surface area contributed by atoms with Gasteiger partial charge in [-0.05, 0) is 55.5 Å². The van der Waals surface area contributed by atoms with Crippen LogP contribution in [0, 0.1) is 6.92 Å². The molecule has 3 nitrogen and oxygen atoms in total. The second-order valence-electron chi connectivity index (χ2n) is 5.74. The maximum atomic E-state index is 10.1. The minimum absolute atomic E-state index is 0.355. The van der Waals surface area contributed by atoms with E-state index in [4.69, 9.17) is 10.5 Å². The molecule has 0 fully saturated rings. The standard InChI is InChI=1S/C15H25NO2/c1-9(2)11-8-12(14(16)15(4,5)17)10(3)7-13(11)18-6/h7-9,14,17H,16H2,1-6H3. The molecule has 0 aliphatic heterocycles. The third-order valence-corrected chi connectivity index (χ3v) is 3.34. The molecule has 1 rings (SSSR count). The summed E-state index contributed by atoms with van der Waals surface area (Å²) in [4.78, 5) is 0. The van der Waals surface area contributed by atoms with Crippen molar-refractivity contribution in [3.63, 3.8) is 0 Å². The zero-order chi connectivity index (χ0) is 14.1. The number of nitrogens with two attached hydrogens (primary N) is 1. The molecule has 0 saturated carbocycles. The van der Waals surface area contributed by atoms with Gasteiger partial charge in [0.15, 0.2) is 0 Å². The highest BCUT2D eigenvalue weighted by Gasteiger charge is 2.27. The van der Waals surface area contributed by atoms with E-state index in [9.17, 15) is 5.11 Å². The summed E-state index contributed by atoms with van der Waals surface area (Å²) < 4.78 is 5.40. The third kappa shape index (κ3) is 3.03. The molecule has 0 heterocycles. The lowest BCUT2D eigenvalue weighted by Crippen LogP contribution is -2.35. The Morgan fingerprint density at radius 3 is 2.17 bits per heavy atom. The first-order valence-electron chi connectivity index (χ1n) is 6.34. The summed E-state index contributed by atoms with van der Waals surface area (Å²) in [7, 11) is 1.68. The lowest BCUT2D eigenvalue weighted by Gasteiger charge is -2.28. The van der Waals surface area contributed by atoms with Crippen LogP contribution in [0.2, 0.25) is 0 Å². The number of rotatable bonds is 4. The molecule has 0 aliphatic rings. The van der Waals surface area contributed by atoms with E-state index >= 15 is 0 Å². The molecule has 0 aliphatic carbocycles. The Balaban J connectivity index is 3.34. The van der Waals surface area contributed by atoms with Crippen LogP contribution in [0.3, 0.4) is 0 Å². The predicted octanol–water partition coefficient (Wildman–Crippen LogP) is 2.90. The van der Waals surface area contributed by atoms with Gasteiger partial charge in [-0.1, -0.05) is 13.8 Å². The molecule has 0 saturated heterocycles. The Hall–Kier alpha value is -1.06. The summed E-state index contributed by atoms with van der Waals surface area (Å²) in [6.45, 7) is 9.69. The Labute approximate surface area is 110 Å². The van der Waals surface area contributed by atoms with Crippen molar-refractivity contribution in [2.24, 2.45) is 5.73 Å². The van der Waals surface area contributed by atoms with Gasteiger partial charge in [0.25, 0.3) is 0 Å². The van der Waals surface area contributed by atoms with Gasteiger partial charge in [0.2, 0.25) is 0 Å². The number of aliphatic hydroxyl groups is 1. The van der Waals surface area contributed by atoms with Crippen molar-refractivity contribution in [2.45, 2.75) is 52.2 Å². The van der Waals surface area contributed by atoms with Crippen molar-refractivity contribution >= 4 is 0 Å². The van der Waals surface area contributed by atoms with Crippen molar-refractivity contribution in [3.8, 4) is 5.75 Å². The van der Waals surface area contributed by atoms with E-state index in [-0.39, 0.29) is 0 Å². The van der Waals surface area contributed by atoms with E-state index in [0.29, 0.717) is 5.92 Å². The second kappa shape index (κ2) is 5.29. The molecule has 0 bridgehead atoms. The first-order chi connectivity index (χ1) is 8.18. The van der Waals surface area contributed by atoms with Gasteiger partial charge in [0, 0.05) is 0 Å². The summed E-state index contributed by atoms with van der Waals surface area (Å²) in [5.74, 6) is 1.24. The SMILES string of the molecule is COc1cc(C)c(C(N)C(C)(C)O)cc1C(C)C. The summed E-state index contributed by atoms with van der Waals surface area (Å²) >= 11 is 0. The summed E-state index contributed by atoms with van der Waals surface area (Å²) in [6.07, 6.45) is 0. The van der Waals surface area contributed by atoms with Gasteiger partial charge >= 0.3 is 0 Å². The smallest absolute Gasteiger partial charge is 0.122 e. The Bertz CT molecular complexity index is 419. The van der Waals surface area contributed by atoms with Crippen molar-refractivity contribution < 1.29 is 9.84 Å². The van der Waals surface area contributed by atoms with Crippen LogP contribution in [0.1, 0.15) is 56.3 Å². The van der Waals surface area contributed by atoms with Gasteiger partial charge in [-0.25, -0.2) is 0 Å². The molecule has 102 valence electrons. The van der Waals surface area contributed by atoms with E-state index in [1.165, 1.54) is 0 Å². The third-order valence-electron chi connectivity index (χ3n) is 3.34. The highest BCUT2D eigenvalue weighted by Crippen LogP contribution is 2.34. The first kappa shape index (κ1) is 15.0. The van der Waals surface area contributed by atoms with Crippen LogP contribution in [-0.2, 0) is 0 Å². The quantitative estimate of drug-likeness (QED) is 0.865. The largest absolute Gasteiger partial charge is 0.496 e. The Morgan fingerprint density at radius 1 is 1.22 bits per heavy atom. The molecule has 1 unspecified atom stereocenters.